The predicted molar refractivity (Wildman–Crippen MR) is 106 cm³/mol. The second-order valence-electron chi connectivity index (χ2n) is 6.27. The van der Waals surface area contributed by atoms with Crippen LogP contribution < -0.4 is 14.3 Å². The number of aromatic nitrogens is 1. The van der Waals surface area contributed by atoms with E-state index < -0.39 is 29.6 Å². The lowest BCUT2D eigenvalue weighted by Crippen LogP contribution is -2.27. The molecule has 7 nitrogen and oxygen atoms in total. The lowest BCUT2D eigenvalue weighted by atomic mass is 10.2. The third-order valence-corrected chi connectivity index (χ3v) is 5.47. The molecule has 0 aliphatic rings. The number of halogens is 2. The normalized spacial score (nSPS) is 12.8. The smallest absolute Gasteiger partial charge is 0.326 e. The quantitative estimate of drug-likeness (QED) is 0.635. The van der Waals surface area contributed by atoms with Gasteiger partial charge in [-0.2, -0.15) is 4.99 Å². The summed E-state index contributed by atoms with van der Waals surface area (Å²) in [6, 6.07) is 5.25. The van der Waals surface area contributed by atoms with Crippen molar-refractivity contribution in [3.63, 3.8) is 0 Å². The van der Waals surface area contributed by atoms with E-state index in [2.05, 4.69) is 4.99 Å². The second-order valence-corrected chi connectivity index (χ2v) is 7.28. The van der Waals surface area contributed by atoms with Crippen LogP contribution in [-0.4, -0.2) is 35.8 Å². The van der Waals surface area contributed by atoms with Crippen LogP contribution in [0.25, 0.3) is 10.2 Å². The van der Waals surface area contributed by atoms with Gasteiger partial charge in [-0.25, -0.2) is 13.6 Å². The van der Waals surface area contributed by atoms with Gasteiger partial charge in [-0.3, -0.25) is 4.79 Å². The minimum absolute atomic E-state index is 0.0102. The summed E-state index contributed by atoms with van der Waals surface area (Å²) in [5, 5.41) is 9.60. The maximum Gasteiger partial charge on any atom is 0.326 e. The van der Waals surface area contributed by atoms with Crippen LogP contribution in [0.5, 0.6) is 11.5 Å². The number of hydrogen-bond donors (Lipinski definition) is 1. The molecule has 3 rings (SSSR count). The van der Waals surface area contributed by atoms with Gasteiger partial charge in [0.25, 0.3) is 5.91 Å². The van der Waals surface area contributed by atoms with Crippen molar-refractivity contribution < 1.29 is 33.0 Å². The van der Waals surface area contributed by atoms with Gasteiger partial charge < -0.3 is 19.1 Å². The first-order valence-corrected chi connectivity index (χ1v) is 9.65. The van der Waals surface area contributed by atoms with E-state index in [0.29, 0.717) is 11.5 Å². The molecule has 1 unspecified atom stereocenters. The van der Waals surface area contributed by atoms with Crippen molar-refractivity contribution in [2.24, 2.45) is 4.99 Å². The molecule has 30 heavy (non-hydrogen) atoms. The van der Waals surface area contributed by atoms with Gasteiger partial charge >= 0.3 is 5.97 Å². The number of rotatable bonds is 6. The van der Waals surface area contributed by atoms with Gasteiger partial charge in [-0.15, -0.1) is 0 Å². The van der Waals surface area contributed by atoms with E-state index in [0.717, 1.165) is 23.5 Å². The lowest BCUT2D eigenvalue weighted by Gasteiger charge is -2.13. The van der Waals surface area contributed by atoms with E-state index in [1.807, 2.05) is 0 Å². The first-order chi connectivity index (χ1) is 14.3. The van der Waals surface area contributed by atoms with Crippen LogP contribution >= 0.6 is 11.3 Å². The Morgan fingerprint density at radius 1 is 1.10 bits per heavy atom. The van der Waals surface area contributed by atoms with Crippen LogP contribution in [0.4, 0.5) is 8.78 Å². The molecular weight excluding hydrogens is 418 g/mol. The molecule has 1 heterocycles. The molecule has 0 aliphatic heterocycles. The minimum atomic E-state index is -1.18. The number of carbonyl (C=O) groups is 2. The SMILES string of the molecule is CCC(C(=O)O)n1c(=NC(=O)c2cc(OC)cc(OC)c2)sc2cc(F)c(F)cc21. The monoisotopic (exact) mass is 436 g/mol. The summed E-state index contributed by atoms with van der Waals surface area (Å²) in [5.41, 5.74) is 0.291. The summed E-state index contributed by atoms with van der Waals surface area (Å²) in [4.78, 5) is 28.6. The van der Waals surface area contributed by atoms with E-state index in [-0.39, 0.29) is 27.0 Å². The van der Waals surface area contributed by atoms with Crippen LogP contribution in [0, 0.1) is 11.6 Å². The largest absolute Gasteiger partial charge is 0.497 e. The number of methoxy groups -OCH3 is 2. The number of nitrogens with zero attached hydrogens (tertiary/aromatic N) is 2. The van der Waals surface area contributed by atoms with Gasteiger partial charge in [0.2, 0.25) is 0 Å². The van der Waals surface area contributed by atoms with Crippen molar-refractivity contribution in [1.82, 2.24) is 4.57 Å². The van der Waals surface area contributed by atoms with Gasteiger partial charge in [-0.1, -0.05) is 18.3 Å². The fraction of sp³-hybridized carbons (Fsp3) is 0.250. The van der Waals surface area contributed by atoms with Crippen molar-refractivity contribution in [2.75, 3.05) is 14.2 Å². The average molecular weight is 436 g/mol. The molecule has 0 saturated heterocycles. The molecule has 1 amide bonds. The molecule has 0 aliphatic carbocycles. The number of hydrogen-bond acceptors (Lipinski definition) is 5. The molecule has 1 aromatic heterocycles. The zero-order valence-corrected chi connectivity index (χ0v) is 17.1. The molecule has 10 heteroatoms. The summed E-state index contributed by atoms with van der Waals surface area (Å²) in [7, 11) is 2.86. The van der Waals surface area contributed by atoms with Gasteiger partial charge in [0.15, 0.2) is 16.4 Å². The Bertz CT molecular complexity index is 1180. The summed E-state index contributed by atoms with van der Waals surface area (Å²) in [6.07, 6.45) is 0.147. The fourth-order valence-electron chi connectivity index (χ4n) is 2.97. The van der Waals surface area contributed by atoms with Gasteiger partial charge in [0, 0.05) is 17.7 Å². The molecule has 1 N–H and O–H groups in total. The van der Waals surface area contributed by atoms with E-state index in [1.54, 1.807) is 13.0 Å². The second kappa shape index (κ2) is 8.62. The topological polar surface area (TPSA) is 90.1 Å². The molecule has 0 radical (unpaired) electrons. The molecule has 0 spiro atoms. The van der Waals surface area contributed by atoms with Crippen molar-refractivity contribution in [3.8, 4) is 11.5 Å². The first-order valence-electron chi connectivity index (χ1n) is 8.84. The standard InChI is InChI=1S/C20H18F2N2O5S/c1-4-15(19(26)27)24-16-8-13(21)14(22)9-17(16)30-20(24)23-18(25)10-5-11(28-2)7-12(6-10)29-3/h5-9,15H,4H2,1-3H3,(H,26,27). The molecule has 3 aromatic rings. The minimum Gasteiger partial charge on any atom is -0.497 e. The van der Waals surface area contributed by atoms with Gasteiger partial charge in [0.05, 0.1) is 24.4 Å². The van der Waals surface area contributed by atoms with Crippen LogP contribution in [0.2, 0.25) is 0 Å². The zero-order valence-electron chi connectivity index (χ0n) is 16.3. The van der Waals surface area contributed by atoms with Crippen LogP contribution in [0.1, 0.15) is 29.7 Å². The number of carboxylic acids is 1. The molecule has 158 valence electrons. The van der Waals surface area contributed by atoms with Crippen LogP contribution in [0.3, 0.4) is 0 Å². The van der Waals surface area contributed by atoms with Crippen molar-refractivity contribution in [1.29, 1.82) is 0 Å². The maximum absolute atomic E-state index is 13.8. The highest BCUT2D eigenvalue weighted by Crippen LogP contribution is 2.26. The molecule has 2 aromatic carbocycles. The molecule has 0 saturated carbocycles. The Morgan fingerprint density at radius 3 is 2.23 bits per heavy atom. The number of carbonyl (C=O) groups excluding carboxylic acids is 1. The number of aliphatic carboxylic acids is 1. The maximum atomic E-state index is 13.8. The zero-order chi connectivity index (χ0) is 22.0. The van der Waals surface area contributed by atoms with Crippen molar-refractivity contribution in [2.45, 2.75) is 19.4 Å². The third-order valence-electron chi connectivity index (χ3n) is 4.45. The summed E-state index contributed by atoms with van der Waals surface area (Å²) in [6.45, 7) is 1.63. The third kappa shape index (κ3) is 4.04. The Labute approximate surface area is 173 Å². The fourth-order valence-corrected chi connectivity index (χ4v) is 4.04. The summed E-state index contributed by atoms with van der Waals surface area (Å²) in [5.74, 6) is -3.32. The van der Waals surface area contributed by atoms with Crippen LogP contribution in [0.15, 0.2) is 35.3 Å². The number of fused-ring (bicyclic) bond motifs is 1. The molecule has 0 fully saturated rings. The lowest BCUT2D eigenvalue weighted by molar-refractivity contribution is -0.140. The number of thiazole rings is 1. The van der Waals surface area contributed by atoms with Gasteiger partial charge in [-0.05, 0) is 24.6 Å². The summed E-state index contributed by atoms with van der Waals surface area (Å²) >= 11 is 0.894. The number of amides is 1. The van der Waals surface area contributed by atoms with E-state index in [4.69, 9.17) is 9.47 Å². The first kappa shape index (κ1) is 21.4. The average Bonchev–Trinajstić information content (AvgIpc) is 3.04. The van der Waals surface area contributed by atoms with Crippen molar-refractivity contribution in [3.05, 3.63) is 52.3 Å². The number of ether oxygens (including phenoxy) is 2. The number of benzene rings is 2. The predicted octanol–water partition coefficient (Wildman–Crippen LogP) is 3.78. The van der Waals surface area contributed by atoms with E-state index >= 15 is 0 Å². The molecule has 1 atom stereocenters. The summed E-state index contributed by atoms with van der Waals surface area (Å²) < 4.78 is 39.3. The highest BCUT2D eigenvalue weighted by molar-refractivity contribution is 7.16. The Hall–Kier alpha value is -3.27. The van der Waals surface area contributed by atoms with Crippen molar-refractivity contribution >= 4 is 33.4 Å². The molecule has 0 bridgehead atoms. The van der Waals surface area contributed by atoms with E-state index in [1.165, 1.54) is 30.9 Å². The highest BCUT2D eigenvalue weighted by atomic mass is 32.1. The Kier molecular flexibility index (Phi) is 6.16. The Morgan fingerprint density at radius 2 is 1.70 bits per heavy atom. The van der Waals surface area contributed by atoms with Crippen LogP contribution in [-0.2, 0) is 4.79 Å². The molecular formula is C20H18F2N2O5S. The number of carboxylic acid groups (broad SMARTS) is 1. The van der Waals surface area contributed by atoms with E-state index in [9.17, 15) is 23.5 Å². The highest BCUT2D eigenvalue weighted by Gasteiger charge is 2.23. The van der Waals surface area contributed by atoms with Gasteiger partial charge in [0.1, 0.15) is 17.5 Å². The Balaban J connectivity index is 2.25.